The van der Waals surface area contributed by atoms with Crippen molar-refractivity contribution in [2.24, 2.45) is 0 Å². The fraction of sp³-hybridized carbons (Fsp3) is 0.231. The molecule has 0 radical (unpaired) electrons. The minimum atomic E-state index is -0.148. The molecule has 69 heavy (non-hydrogen) atoms. The van der Waals surface area contributed by atoms with E-state index in [0.717, 1.165) is 39.8 Å². The molecule has 0 unspecified atom stereocenters. The number of hydrogen-bond acceptors (Lipinski definition) is 2. The first-order chi connectivity index (χ1) is 33.1. The van der Waals surface area contributed by atoms with Gasteiger partial charge in [0.25, 0.3) is 0 Å². The summed E-state index contributed by atoms with van der Waals surface area (Å²) >= 11 is 0. The predicted octanol–water partition coefficient (Wildman–Crippen LogP) is 16.1. The lowest BCUT2D eigenvalue weighted by molar-refractivity contribution is 0.332. The van der Waals surface area contributed by atoms with Crippen molar-refractivity contribution < 1.29 is 4.42 Å². The highest BCUT2D eigenvalue weighted by Crippen LogP contribution is 2.55. The van der Waals surface area contributed by atoms with Crippen LogP contribution in [0.2, 0.25) is 0 Å². The van der Waals surface area contributed by atoms with Gasteiger partial charge < -0.3 is 13.8 Å². The van der Waals surface area contributed by atoms with Crippen molar-refractivity contribution in [3.8, 4) is 50.4 Å². The van der Waals surface area contributed by atoms with Crippen LogP contribution in [-0.2, 0) is 21.7 Å². The molecule has 4 heteroatoms. The quantitative estimate of drug-likeness (QED) is 0.165. The van der Waals surface area contributed by atoms with Gasteiger partial charge in [0.1, 0.15) is 11.3 Å². The van der Waals surface area contributed by atoms with E-state index in [1.807, 2.05) is 0 Å². The SMILES string of the molecule is CC(C)(C)c1ccc(N2B3c4cc5oc(-c6ccccc6)c(-c6ccccc6)c5cc4-n4c5cc6c(cc5c5ccc(c3c54)-c3cc4c(cc32)C(C)(C)CCC4(C)C)-c2ccccc2C6(C)C)cc1. The molecule has 2 aliphatic heterocycles. The Kier molecular flexibility index (Phi) is 8.08. The molecule has 0 atom stereocenters. The molecule has 2 aliphatic carbocycles. The van der Waals surface area contributed by atoms with E-state index in [1.165, 1.54) is 106 Å². The smallest absolute Gasteiger partial charge is 0.333 e. The molecule has 0 amide bonds. The van der Waals surface area contributed by atoms with E-state index in [9.17, 15) is 0 Å². The molecule has 0 N–H and O–H groups in total. The monoisotopic (exact) mass is 892 g/mol. The van der Waals surface area contributed by atoms with Crippen molar-refractivity contribution in [1.29, 1.82) is 0 Å². The topological polar surface area (TPSA) is 21.3 Å². The van der Waals surface area contributed by atoms with Gasteiger partial charge in [-0.1, -0.05) is 172 Å². The minimum Gasteiger partial charge on any atom is -0.455 e. The van der Waals surface area contributed by atoms with E-state index in [1.54, 1.807) is 0 Å². The van der Waals surface area contributed by atoms with Crippen LogP contribution in [0.25, 0.3) is 83.2 Å². The van der Waals surface area contributed by atoms with E-state index in [-0.39, 0.29) is 28.5 Å². The summed E-state index contributed by atoms with van der Waals surface area (Å²) in [7, 11) is 0. The normalized spacial score (nSPS) is 16.7. The number of furan rings is 1. The second-order valence-corrected chi connectivity index (χ2v) is 23.5. The third-order valence-electron chi connectivity index (χ3n) is 17.2. The lowest BCUT2D eigenvalue weighted by atomic mass is 9.43. The Morgan fingerprint density at radius 1 is 0.522 bits per heavy atom. The van der Waals surface area contributed by atoms with Gasteiger partial charge in [0, 0.05) is 55.3 Å². The summed E-state index contributed by atoms with van der Waals surface area (Å²) < 4.78 is 9.92. The molecular formula is C65H57BN2O. The van der Waals surface area contributed by atoms with Crippen molar-refractivity contribution in [2.75, 3.05) is 4.81 Å². The number of fused-ring (bicyclic) bond motifs is 13. The van der Waals surface area contributed by atoms with E-state index in [0.29, 0.717) is 0 Å². The van der Waals surface area contributed by atoms with Gasteiger partial charge in [0.05, 0.1) is 11.0 Å². The predicted molar refractivity (Wildman–Crippen MR) is 292 cm³/mol. The highest BCUT2D eigenvalue weighted by Gasteiger charge is 2.47. The van der Waals surface area contributed by atoms with Crippen molar-refractivity contribution in [3.63, 3.8) is 0 Å². The fourth-order valence-electron chi connectivity index (χ4n) is 13.3. The van der Waals surface area contributed by atoms with Crippen LogP contribution in [0.4, 0.5) is 11.4 Å². The number of rotatable bonds is 3. The van der Waals surface area contributed by atoms with Crippen LogP contribution < -0.4 is 15.7 Å². The summed E-state index contributed by atoms with van der Waals surface area (Å²) in [5.41, 5.74) is 25.5. The van der Waals surface area contributed by atoms with E-state index in [4.69, 9.17) is 4.42 Å². The van der Waals surface area contributed by atoms with Gasteiger partial charge >= 0.3 is 6.85 Å². The van der Waals surface area contributed by atoms with E-state index >= 15 is 0 Å². The molecule has 4 heterocycles. The van der Waals surface area contributed by atoms with Gasteiger partial charge in [-0.25, -0.2) is 0 Å². The van der Waals surface area contributed by atoms with Crippen molar-refractivity contribution >= 4 is 61.9 Å². The second-order valence-electron chi connectivity index (χ2n) is 23.5. The zero-order chi connectivity index (χ0) is 47.1. The summed E-state index contributed by atoms with van der Waals surface area (Å²) in [6.07, 6.45) is 2.32. The fourth-order valence-corrected chi connectivity index (χ4v) is 13.3. The number of hydrogen-bond donors (Lipinski definition) is 0. The van der Waals surface area contributed by atoms with Crippen LogP contribution in [0.3, 0.4) is 0 Å². The Morgan fingerprint density at radius 3 is 1.90 bits per heavy atom. The first kappa shape index (κ1) is 41.0. The summed E-state index contributed by atoms with van der Waals surface area (Å²) in [4.78, 5) is 2.71. The molecule has 3 nitrogen and oxygen atoms in total. The van der Waals surface area contributed by atoms with Crippen LogP contribution in [-0.4, -0.2) is 11.4 Å². The van der Waals surface area contributed by atoms with Crippen molar-refractivity contribution in [1.82, 2.24) is 4.57 Å². The molecule has 0 fully saturated rings. The third kappa shape index (κ3) is 5.52. The van der Waals surface area contributed by atoms with Crippen LogP contribution in [0, 0.1) is 0 Å². The summed E-state index contributed by atoms with van der Waals surface area (Å²) in [6, 6.07) is 60.3. The maximum Gasteiger partial charge on any atom is 0.333 e. The molecule has 14 rings (SSSR count). The maximum absolute atomic E-state index is 7.26. The average Bonchev–Trinajstić information content (AvgIpc) is 3.96. The molecule has 0 bridgehead atoms. The Morgan fingerprint density at radius 2 is 1.19 bits per heavy atom. The minimum absolute atomic E-state index is 0.0251. The third-order valence-corrected chi connectivity index (χ3v) is 17.2. The van der Waals surface area contributed by atoms with E-state index < -0.39 is 0 Å². The number of anilines is 2. The van der Waals surface area contributed by atoms with Crippen molar-refractivity contribution in [2.45, 2.75) is 96.8 Å². The summed E-state index contributed by atoms with van der Waals surface area (Å²) in [5, 5.41) is 3.72. The molecule has 336 valence electrons. The van der Waals surface area contributed by atoms with Gasteiger partial charge in [0.2, 0.25) is 0 Å². The molecular weight excluding hydrogens is 836 g/mol. The van der Waals surface area contributed by atoms with Crippen LogP contribution in [0.15, 0.2) is 162 Å². The highest BCUT2D eigenvalue weighted by molar-refractivity contribution is 6.93. The molecule has 2 aromatic heterocycles. The van der Waals surface area contributed by atoms with Crippen LogP contribution >= 0.6 is 0 Å². The Balaban J connectivity index is 1.16. The second kappa shape index (κ2) is 13.6. The lowest BCUT2D eigenvalue weighted by Crippen LogP contribution is -2.60. The Bertz CT molecular complexity index is 3840. The standard InChI is InChI=1S/C65H57BN2O/c1-62(2,3)40-24-26-41(27-25-40)68-55-36-52-51(63(4,5)30-31-64(52,6)7)33-47(55)43-28-29-44-46-32-45-42-22-16-17-23-49(42)65(8,9)50(45)35-54(46)67-56-34-48-57(37-53(56)66(68)59(43)60(44)67)69-61(39-20-14-11-15-21-39)58(48)38-18-12-10-13-19-38/h10-29,32-37H,30-31H2,1-9H3. The zero-order valence-electron chi connectivity index (χ0n) is 41.3. The van der Waals surface area contributed by atoms with Crippen LogP contribution in [0.5, 0.6) is 0 Å². The maximum atomic E-state index is 7.26. The van der Waals surface area contributed by atoms with Gasteiger partial charge in [-0.2, -0.15) is 0 Å². The number of nitrogens with zero attached hydrogens (tertiary/aromatic N) is 2. The molecule has 0 saturated heterocycles. The zero-order valence-corrected chi connectivity index (χ0v) is 41.3. The average molecular weight is 893 g/mol. The number of benzene rings is 8. The van der Waals surface area contributed by atoms with Crippen molar-refractivity contribution in [3.05, 3.63) is 186 Å². The summed E-state index contributed by atoms with van der Waals surface area (Å²) in [6.45, 7) is 21.5. The van der Waals surface area contributed by atoms with Gasteiger partial charge in [0.15, 0.2) is 0 Å². The first-order valence-corrected chi connectivity index (χ1v) is 25.2. The molecule has 8 aromatic carbocycles. The van der Waals surface area contributed by atoms with Gasteiger partial charge in [-0.05, 0) is 139 Å². The van der Waals surface area contributed by atoms with Gasteiger partial charge in [-0.15, -0.1) is 0 Å². The number of aromatic nitrogens is 1. The highest BCUT2D eigenvalue weighted by atomic mass is 16.3. The van der Waals surface area contributed by atoms with Gasteiger partial charge in [-0.3, -0.25) is 0 Å². The lowest BCUT2D eigenvalue weighted by Gasteiger charge is -2.46. The molecule has 0 spiro atoms. The molecule has 0 saturated carbocycles. The first-order valence-electron chi connectivity index (χ1n) is 25.2. The van der Waals surface area contributed by atoms with Crippen LogP contribution in [0.1, 0.15) is 103 Å². The largest absolute Gasteiger partial charge is 0.455 e. The molecule has 10 aromatic rings. The molecule has 4 aliphatic rings. The Hall–Kier alpha value is -7.04. The van der Waals surface area contributed by atoms with E-state index in [2.05, 4.69) is 229 Å². The Labute approximate surface area is 406 Å². The summed E-state index contributed by atoms with van der Waals surface area (Å²) in [5.74, 6) is 0.900.